The molecule has 1 aromatic heterocycles. The Hall–Kier alpha value is -2.38. The van der Waals surface area contributed by atoms with Crippen molar-refractivity contribution >= 4 is 5.91 Å². The molecular formula is C18H23N5O2. The number of nitrogens with one attached hydrogen (secondary N) is 3. The molecule has 7 nitrogen and oxygen atoms in total. The number of fused-ring (bicyclic) bond motifs is 1. The fourth-order valence-corrected chi connectivity index (χ4v) is 3.80. The van der Waals surface area contributed by atoms with Crippen molar-refractivity contribution in [2.75, 3.05) is 33.3 Å². The van der Waals surface area contributed by atoms with Gasteiger partial charge in [-0.1, -0.05) is 6.07 Å². The molecule has 1 aromatic carbocycles. The number of nitrogens with zero attached hydrogens (tertiary/aromatic N) is 2. The lowest BCUT2D eigenvalue weighted by Crippen LogP contribution is -2.46. The van der Waals surface area contributed by atoms with Crippen molar-refractivity contribution in [3.8, 4) is 11.4 Å². The molecule has 3 heterocycles. The molecule has 3 N–H and O–H groups in total. The van der Waals surface area contributed by atoms with Crippen molar-refractivity contribution in [2.24, 2.45) is 11.3 Å². The Morgan fingerprint density at radius 3 is 2.96 bits per heavy atom. The smallest absolute Gasteiger partial charge is 0.229 e. The normalized spacial score (nSPS) is 24.9. The molecule has 2 aromatic rings. The van der Waals surface area contributed by atoms with Crippen LogP contribution in [0.15, 0.2) is 36.7 Å². The van der Waals surface area contributed by atoms with Gasteiger partial charge in [-0.25, -0.2) is 4.68 Å². The lowest BCUT2D eigenvalue weighted by Gasteiger charge is -2.25. The highest BCUT2D eigenvalue weighted by molar-refractivity contribution is 5.84. The lowest BCUT2D eigenvalue weighted by molar-refractivity contribution is -0.130. The van der Waals surface area contributed by atoms with E-state index in [0.717, 1.165) is 43.2 Å². The van der Waals surface area contributed by atoms with Crippen LogP contribution >= 0.6 is 0 Å². The fraction of sp³-hybridized carbons (Fsp3) is 0.444. The van der Waals surface area contributed by atoms with Crippen LogP contribution in [0.1, 0.15) is 5.56 Å². The molecule has 0 unspecified atom stereocenters. The molecular weight excluding hydrogens is 318 g/mol. The number of hydrogen-bond acceptors (Lipinski definition) is 5. The minimum Gasteiger partial charge on any atom is -0.497 e. The maximum Gasteiger partial charge on any atom is 0.229 e. The SMILES string of the molecule is COc1cccc(-n2cc(CNC(=O)C34CNCC3CNC4)cn2)c1. The molecule has 0 spiro atoms. The van der Waals surface area contributed by atoms with Gasteiger partial charge in [-0.05, 0) is 12.1 Å². The lowest BCUT2D eigenvalue weighted by atomic mass is 9.80. The molecule has 0 radical (unpaired) electrons. The second-order valence-corrected chi connectivity index (χ2v) is 6.79. The van der Waals surface area contributed by atoms with E-state index in [1.807, 2.05) is 30.5 Å². The number of benzene rings is 1. The molecule has 0 aliphatic carbocycles. The Labute approximate surface area is 146 Å². The first-order valence-corrected chi connectivity index (χ1v) is 8.59. The van der Waals surface area contributed by atoms with Crippen molar-refractivity contribution < 1.29 is 9.53 Å². The predicted octanol–water partition coefficient (Wildman–Crippen LogP) is 0.306. The number of aromatic nitrogens is 2. The van der Waals surface area contributed by atoms with Gasteiger partial charge in [-0.2, -0.15) is 5.10 Å². The first-order valence-electron chi connectivity index (χ1n) is 8.59. The van der Waals surface area contributed by atoms with Gasteiger partial charge in [-0.3, -0.25) is 4.79 Å². The van der Waals surface area contributed by atoms with Crippen LogP contribution in [0, 0.1) is 11.3 Å². The summed E-state index contributed by atoms with van der Waals surface area (Å²) < 4.78 is 7.04. The van der Waals surface area contributed by atoms with Gasteiger partial charge in [-0.15, -0.1) is 0 Å². The van der Waals surface area contributed by atoms with Crippen LogP contribution in [-0.4, -0.2) is 49.0 Å². The van der Waals surface area contributed by atoms with E-state index in [-0.39, 0.29) is 11.3 Å². The molecule has 1 amide bonds. The van der Waals surface area contributed by atoms with Gasteiger partial charge >= 0.3 is 0 Å². The van der Waals surface area contributed by atoms with Crippen LogP contribution in [0.25, 0.3) is 5.69 Å². The van der Waals surface area contributed by atoms with Gasteiger partial charge in [0.15, 0.2) is 0 Å². The van der Waals surface area contributed by atoms with Crippen molar-refractivity contribution in [1.29, 1.82) is 0 Å². The molecule has 25 heavy (non-hydrogen) atoms. The summed E-state index contributed by atoms with van der Waals surface area (Å²) in [5.74, 6) is 1.30. The molecule has 4 rings (SSSR count). The third-order valence-electron chi connectivity index (χ3n) is 5.30. The first-order chi connectivity index (χ1) is 12.2. The highest BCUT2D eigenvalue weighted by Gasteiger charge is 2.51. The quantitative estimate of drug-likeness (QED) is 0.729. The Bertz CT molecular complexity index is 762. The zero-order valence-corrected chi connectivity index (χ0v) is 14.3. The number of carbonyl (C=O) groups excluding carboxylic acids is 1. The maximum atomic E-state index is 12.7. The Kier molecular flexibility index (Phi) is 4.19. The molecule has 0 bridgehead atoms. The number of methoxy groups -OCH3 is 1. The van der Waals surface area contributed by atoms with Crippen molar-refractivity contribution in [3.05, 3.63) is 42.2 Å². The van der Waals surface area contributed by atoms with Crippen LogP contribution in [0.3, 0.4) is 0 Å². The van der Waals surface area contributed by atoms with Crippen LogP contribution in [-0.2, 0) is 11.3 Å². The third kappa shape index (κ3) is 2.89. The monoisotopic (exact) mass is 341 g/mol. The number of hydrogen-bond donors (Lipinski definition) is 3. The zero-order chi connectivity index (χ0) is 17.3. The molecule has 2 saturated heterocycles. The fourth-order valence-electron chi connectivity index (χ4n) is 3.80. The van der Waals surface area contributed by atoms with Crippen LogP contribution in [0.2, 0.25) is 0 Å². The predicted molar refractivity (Wildman–Crippen MR) is 93.6 cm³/mol. The summed E-state index contributed by atoms with van der Waals surface area (Å²) in [5, 5.41) is 14.2. The molecule has 132 valence electrons. The highest BCUT2D eigenvalue weighted by atomic mass is 16.5. The van der Waals surface area contributed by atoms with Crippen LogP contribution in [0.5, 0.6) is 5.75 Å². The van der Waals surface area contributed by atoms with Gasteiger partial charge in [0.1, 0.15) is 5.75 Å². The molecule has 2 aliphatic rings. The minimum atomic E-state index is -0.303. The van der Waals surface area contributed by atoms with E-state index < -0.39 is 0 Å². The summed E-state index contributed by atoms with van der Waals surface area (Å²) in [6.07, 6.45) is 3.72. The second kappa shape index (κ2) is 6.50. The van der Waals surface area contributed by atoms with Gasteiger partial charge < -0.3 is 20.7 Å². The number of carbonyl (C=O) groups is 1. The number of ether oxygens (including phenoxy) is 1. The van der Waals surface area contributed by atoms with Crippen molar-refractivity contribution in [3.63, 3.8) is 0 Å². The Morgan fingerprint density at radius 1 is 1.40 bits per heavy atom. The van der Waals surface area contributed by atoms with Crippen molar-refractivity contribution in [2.45, 2.75) is 6.54 Å². The van der Waals surface area contributed by atoms with Gasteiger partial charge in [0.2, 0.25) is 5.91 Å². The van der Waals surface area contributed by atoms with E-state index in [9.17, 15) is 4.79 Å². The van der Waals surface area contributed by atoms with E-state index in [1.54, 1.807) is 18.0 Å². The van der Waals surface area contributed by atoms with E-state index in [4.69, 9.17) is 4.74 Å². The topological polar surface area (TPSA) is 80.2 Å². The summed E-state index contributed by atoms with van der Waals surface area (Å²) in [6, 6.07) is 7.72. The Balaban J connectivity index is 1.42. The van der Waals surface area contributed by atoms with E-state index in [2.05, 4.69) is 21.0 Å². The van der Waals surface area contributed by atoms with E-state index in [0.29, 0.717) is 12.5 Å². The van der Waals surface area contributed by atoms with Crippen molar-refractivity contribution in [1.82, 2.24) is 25.7 Å². The second-order valence-electron chi connectivity index (χ2n) is 6.79. The summed E-state index contributed by atoms with van der Waals surface area (Å²) in [7, 11) is 1.64. The van der Waals surface area contributed by atoms with Crippen LogP contribution < -0.4 is 20.7 Å². The molecule has 0 atom stereocenters. The van der Waals surface area contributed by atoms with E-state index >= 15 is 0 Å². The number of rotatable bonds is 5. The van der Waals surface area contributed by atoms with E-state index in [1.165, 1.54) is 0 Å². The van der Waals surface area contributed by atoms with Gasteiger partial charge in [0.25, 0.3) is 0 Å². The zero-order valence-electron chi connectivity index (χ0n) is 14.3. The summed E-state index contributed by atoms with van der Waals surface area (Å²) in [6.45, 7) is 3.80. The highest BCUT2D eigenvalue weighted by Crippen LogP contribution is 2.34. The molecule has 2 aliphatic heterocycles. The molecule has 2 fully saturated rings. The third-order valence-corrected chi connectivity index (χ3v) is 5.30. The summed E-state index contributed by atoms with van der Waals surface area (Å²) in [4.78, 5) is 12.7. The average Bonchev–Trinajstić information content (AvgIpc) is 3.35. The minimum absolute atomic E-state index is 0.127. The first kappa shape index (κ1) is 16.1. The standard InChI is InChI=1S/C18H23N5O2/c1-25-16-4-2-3-15(5-16)23-10-13(7-22-23)6-21-17(24)18-11-19-8-14(18)9-20-12-18/h2-5,7,10,14,19-20H,6,8-9,11-12H2,1H3,(H,21,24). The number of amides is 1. The largest absolute Gasteiger partial charge is 0.497 e. The summed E-state index contributed by atoms with van der Waals surface area (Å²) >= 11 is 0. The molecule has 0 saturated carbocycles. The average molecular weight is 341 g/mol. The summed E-state index contributed by atoms with van der Waals surface area (Å²) in [5.41, 5.74) is 1.60. The molecule has 7 heteroatoms. The van der Waals surface area contributed by atoms with Gasteiger partial charge in [0.05, 0.1) is 24.4 Å². The maximum absolute atomic E-state index is 12.7. The van der Waals surface area contributed by atoms with Gasteiger partial charge in [0, 0.05) is 56.5 Å². The van der Waals surface area contributed by atoms with Crippen LogP contribution in [0.4, 0.5) is 0 Å². The Morgan fingerprint density at radius 2 is 2.20 bits per heavy atom.